The lowest BCUT2D eigenvalue weighted by Crippen LogP contribution is -2.17. The highest BCUT2D eigenvalue weighted by molar-refractivity contribution is 6.21. The molecular weight excluding hydrogens is 366 g/mol. The molecule has 6 atom stereocenters. The van der Waals surface area contributed by atoms with Gasteiger partial charge < -0.3 is 20.2 Å². The molecule has 0 spiro atoms. The van der Waals surface area contributed by atoms with E-state index in [2.05, 4.69) is 4.85 Å². The predicted octanol–water partition coefficient (Wildman–Crippen LogP) is 4.19. The summed E-state index contributed by atoms with van der Waals surface area (Å²) in [7, 11) is 0. The molecule has 0 heterocycles. The van der Waals surface area contributed by atoms with Gasteiger partial charge in [0.1, 0.15) is 0 Å². The van der Waals surface area contributed by atoms with Gasteiger partial charge >= 0.3 is 5.97 Å². The molecule has 1 aliphatic rings. The zero-order chi connectivity index (χ0) is 20.2. The van der Waals surface area contributed by atoms with E-state index in [9.17, 15) is 15.0 Å². The Morgan fingerprint density at radius 2 is 2.04 bits per heavy atom. The molecule has 1 saturated carbocycles. The van der Waals surface area contributed by atoms with Gasteiger partial charge in [0.15, 0.2) is 0 Å². The van der Waals surface area contributed by atoms with Gasteiger partial charge in [-0.2, -0.15) is 0 Å². The predicted molar refractivity (Wildman–Crippen MR) is 108 cm³/mol. The second-order valence-corrected chi connectivity index (χ2v) is 7.98. The normalized spacial score (nSPS) is 27.8. The zero-order valence-corrected chi connectivity index (χ0v) is 16.8. The topological polar surface area (TPSA) is 82.1 Å². The molecule has 0 amide bonds. The molecule has 0 aliphatic heterocycles. The van der Waals surface area contributed by atoms with Gasteiger partial charge in [-0.05, 0) is 51.4 Å². The van der Waals surface area contributed by atoms with Crippen molar-refractivity contribution in [3.8, 4) is 0 Å². The molecule has 3 N–H and O–H groups in total. The Hall–Kier alpha value is -1.35. The van der Waals surface area contributed by atoms with Crippen LogP contribution in [0.4, 0.5) is 0 Å². The van der Waals surface area contributed by atoms with E-state index < -0.39 is 12.1 Å². The SMILES string of the molecule is [C-]#[N+][C@@H]1C[C@@H](Cl)[C@H](C/C=C\CCCC(=O)O)[C@H]1/C=C/[C@@H](O)CCC[C@@H](C)O. The lowest BCUT2D eigenvalue weighted by molar-refractivity contribution is -0.137. The summed E-state index contributed by atoms with van der Waals surface area (Å²) in [6, 6.07) is -0.168. The number of halogens is 1. The lowest BCUT2D eigenvalue weighted by atomic mass is 9.89. The quantitative estimate of drug-likeness (QED) is 0.199. The number of aliphatic hydroxyl groups is 2. The van der Waals surface area contributed by atoms with E-state index in [0.717, 1.165) is 19.3 Å². The molecule has 27 heavy (non-hydrogen) atoms. The molecule has 1 fully saturated rings. The van der Waals surface area contributed by atoms with E-state index in [0.29, 0.717) is 25.7 Å². The van der Waals surface area contributed by atoms with Gasteiger partial charge in [-0.1, -0.05) is 24.3 Å². The summed E-state index contributed by atoms with van der Waals surface area (Å²) in [5.74, 6) is -0.625. The Bertz CT molecular complexity index is 541. The van der Waals surface area contributed by atoms with E-state index in [1.54, 1.807) is 13.0 Å². The Kier molecular flexibility index (Phi) is 11.3. The molecule has 0 saturated heterocycles. The summed E-state index contributed by atoms with van der Waals surface area (Å²) in [5.41, 5.74) is 0. The molecule has 0 aromatic rings. The minimum atomic E-state index is -0.780. The third kappa shape index (κ3) is 9.41. The Morgan fingerprint density at radius 1 is 1.30 bits per heavy atom. The molecule has 1 aliphatic carbocycles. The van der Waals surface area contributed by atoms with E-state index in [-0.39, 0.29) is 35.8 Å². The van der Waals surface area contributed by atoms with Crippen molar-refractivity contribution in [2.45, 2.75) is 81.9 Å². The molecule has 0 bridgehead atoms. The molecule has 0 radical (unpaired) electrons. The standard InChI is InChI=1S/C21H32ClNO4/c1-15(24)8-7-9-16(25)12-13-18-17(19(22)14-20(18)23-2)10-5-3-4-6-11-21(26)27/h3,5,12-13,15-20,24-25H,4,6-11,14H2,1H3,(H,26,27)/b5-3-,13-12+/t15-,16+,17-,18-,19-,20-/m1/s1. The zero-order valence-electron chi connectivity index (χ0n) is 16.0. The third-order valence-electron chi connectivity index (χ3n) is 5.05. The first-order valence-electron chi connectivity index (χ1n) is 9.77. The van der Waals surface area contributed by atoms with Crippen LogP contribution >= 0.6 is 11.6 Å². The smallest absolute Gasteiger partial charge is 0.303 e. The van der Waals surface area contributed by atoms with E-state index in [1.807, 2.05) is 18.2 Å². The van der Waals surface area contributed by atoms with Crippen LogP contribution < -0.4 is 0 Å². The number of aliphatic hydroxyl groups excluding tert-OH is 2. The number of allylic oxidation sites excluding steroid dienone is 2. The maximum absolute atomic E-state index is 10.5. The molecule has 5 nitrogen and oxygen atoms in total. The summed E-state index contributed by atoms with van der Waals surface area (Å²) < 4.78 is 0. The highest BCUT2D eigenvalue weighted by atomic mass is 35.5. The largest absolute Gasteiger partial charge is 0.481 e. The number of carboxylic acid groups (broad SMARTS) is 1. The number of hydrogen-bond donors (Lipinski definition) is 3. The second kappa shape index (κ2) is 12.9. The van der Waals surface area contributed by atoms with Crippen molar-refractivity contribution in [2.24, 2.45) is 11.8 Å². The van der Waals surface area contributed by atoms with Crippen LogP contribution in [-0.4, -0.2) is 44.9 Å². The summed E-state index contributed by atoms with van der Waals surface area (Å²) in [5, 5.41) is 28.0. The average Bonchev–Trinajstić information content (AvgIpc) is 2.90. The Labute approximate surface area is 167 Å². The van der Waals surface area contributed by atoms with Gasteiger partial charge in [-0.15, -0.1) is 11.6 Å². The van der Waals surface area contributed by atoms with Crippen LogP contribution in [0.15, 0.2) is 24.3 Å². The number of hydrogen-bond acceptors (Lipinski definition) is 3. The summed E-state index contributed by atoms with van der Waals surface area (Å²) in [4.78, 5) is 14.2. The van der Waals surface area contributed by atoms with Gasteiger partial charge in [0, 0.05) is 18.2 Å². The number of carboxylic acids is 1. The highest BCUT2D eigenvalue weighted by Crippen LogP contribution is 2.41. The van der Waals surface area contributed by atoms with Crippen molar-refractivity contribution in [3.05, 3.63) is 35.7 Å². The van der Waals surface area contributed by atoms with E-state index in [1.165, 1.54) is 0 Å². The first-order valence-corrected chi connectivity index (χ1v) is 10.2. The number of unbranched alkanes of at least 4 members (excludes halogenated alkanes) is 1. The van der Waals surface area contributed by atoms with Crippen LogP contribution in [0.1, 0.15) is 58.3 Å². The average molecular weight is 398 g/mol. The minimum absolute atomic E-state index is 0.0140. The molecule has 0 unspecified atom stereocenters. The van der Waals surface area contributed by atoms with Crippen molar-refractivity contribution < 1.29 is 20.1 Å². The van der Waals surface area contributed by atoms with Crippen molar-refractivity contribution in [1.29, 1.82) is 0 Å². The van der Waals surface area contributed by atoms with Crippen LogP contribution in [0.5, 0.6) is 0 Å². The van der Waals surface area contributed by atoms with Crippen LogP contribution in [0, 0.1) is 18.4 Å². The van der Waals surface area contributed by atoms with E-state index >= 15 is 0 Å². The molecule has 6 heteroatoms. The molecule has 0 aromatic carbocycles. The first kappa shape index (κ1) is 23.7. The number of carbonyl (C=O) groups is 1. The monoisotopic (exact) mass is 397 g/mol. The maximum Gasteiger partial charge on any atom is 0.303 e. The van der Waals surface area contributed by atoms with Gasteiger partial charge in [0.25, 0.3) is 0 Å². The molecule has 152 valence electrons. The van der Waals surface area contributed by atoms with Crippen LogP contribution in [-0.2, 0) is 4.79 Å². The first-order chi connectivity index (χ1) is 12.8. The van der Waals surface area contributed by atoms with Gasteiger partial charge in [-0.3, -0.25) is 4.79 Å². The van der Waals surface area contributed by atoms with Crippen molar-refractivity contribution >= 4 is 17.6 Å². The minimum Gasteiger partial charge on any atom is -0.481 e. The van der Waals surface area contributed by atoms with Crippen molar-refractivity contribution in [1.82, 2.24) is 0 Å². The second-order valence-electron chi connectivity index (χ2n) is 7.41. The fraction of sp³-hybridized carbons (Fsp3) is 0.714. The summed E-state index contributed by atoms with van der Waals surface area (Å²) >= 11 is 6.48. The lowest BCUT2D eigenvalue weighted by Gasteiger charge is -2.17. The Morgan fingerprint density at radius 3 is 2.67 bits per heavy atom. The van der Waals surface area contributed by atoms with Crippen molar-refractivity contribution in [3.63, 3.8) is 0 Å². The fourth-order valence-corrected chi connectivity index (χ4v) is 3.97. The molecule has 0 aromatic heterocycles. The fourth-order valence-electron chi connectivity index (χ4n) is 3.52. The van der Waals surface area contributed by atoms with Crippen LogP contribution in [0.3, 0.4) is 0 Å². The van der Waals surface area contributed by atoms with Crippen LogP contribution in [0.2, 0.25) is 0 Å². The van der Waals surface area contributed by atoms with Gasteiger partial charge in [-0.25, -0.2) is 6.57 Å². The van der Waals surface area contributed by atoms with Crippen LogP contribution in [0.25, 0.3) is 4.85 Å². The van der Waals surface area contributed by atoms with Gasteiger partial charge in [0.2, 0.25) is 6.04 Å². The number of rotatable bonds is 12. The summed E-state index contributed by atoms with van der Waals surface area (Å²) in [6.07, 6.45) is 11.7. The number of nitrogens with zero attached hydrogens (tertiary/aromatic N) is 1. The van der Waals surface area contributed by atoms with E-state index in [4.69, 9.17) is 23.3 Å². The highest BCUT2D eigenvalue weighted by Gasteiger charge is 2.44. The molecular formula is C21H32ClNO4. The number of aliphatic carboxylic acids is 1. The molecule has 1 rings (SSSR count). The van der Waals surface area contributed by atoms with Crippen molar-refractivity contribution in [2.75, 3.05) is 0 Å². The van der Waals surface area contributed by atoms with Gasteiger partial charge in [0.05, 0.1) is 18.1 Å². The number of alkyl halides is 1. The maximum atomic E-state index is 10.5. The Balaban J connectivity index is 2.56. The third-order valence-corrected chi connectivity index (χ3v) is 5.55. The summed E-state index contributed by atoms with van der Waals surface area (Å²) in [6.45, 7) is 9.17.